The average molecular weight is 350 g/mol. The number of amides is 2. The molecule has 8 heteroatoms. The lowest BCUT2D eigenvalue weighted by Crippen LogP contribution is -2.23. The molecule has 0 saturated heterocycles. The van der Waals surface area contributed by atoms with Crippen LogP contribution in [0.2, 0.25) is 0 Å². The molecule has 3 rings (SSSR count). The molecule has 1 N–H and O–H groups in total. The van der Waals surface area contributed by atoms with Crippen LogP contribution in [0, 0.1) is 0 Å². The van der Waals surface area contributed by atoms with Gasteiger partial charge in [0.15, 0.2) is 0 Å². The van der Waals surface area contributed by atoms with Crippen LogP contribution in [0.25, 0.3) is 5.69 Å². The number of hydrogen-bond donors (Lipinski definition) is 1. The highest BCUT2D eigenvalue weighted by Crippen LogP contribution is 2.10. The lowest BCUT2D eigenvalue weighted by Gasteiger charge is -2.11. The second-order valence-corrected chi connectivity index (χ2v) is 5.88. The number of nitrogens with one attached hydrogen (secondary N) is 1. The zero-order chi connectivity index (χ0) is 18.5. The zero-order valence-corrected chi connectivity index (χ0v) is 14.5. The largest absolute Gasteiger partial charge is 0.348 e. The second kappa shape index (κ2) is 7.56. The van der Waals surface area contributed by atoms with E-state index in [1.807, 2.05) is 18.2 Å². The summed E-state index contributed by atoms with van der Waals surface area (Å²) in [6.07, 6.45) is 1.47. The number of tetrazole rings is 1. The third-order valence-electron chi connectivity index (χ3n) is 3.78. The van der Waals surface area contributed by atoms with Crippen molar-refractivity contribution in [3.8, 4) is 5.69 Å². The molecule has 0 bridgehead atoms. The highest BCUT2D eigenvalue weighted by molar-refractivity contribution is 5.95. The van der Waals surface area contributed by atoms with E-state index in [1.165, 1.54) is 15.9 Å². The van der Waals surface area contributed by atoms with Gasteiger partial charge in [-0.05, 0) is 46.3 Å². The van der Waals surface area contributed by atoms with Crippen molar-refractivity contribution in [2.24, 2.45) is 0 Å². The number of aromatic nitrogens is 4. The first kappa shape index (κ1) is 17.3. The van der Waals surface area contributed by atoms with Crippen molar-refractivity contribution in [3.05, 3.63) is 71.5 Å². The first-order valence-corrected chi connectivity index (χ1v) is 7.97. The molecule has 1 heterocycles. The Hall–Kier alpha value is -3.55. The third kappa shape index (κ3) is 3.92. The van der Waals surface area contributed by atoms with Gasteiger partial charge in [0.05, 0.1) is 5.69 Å². The van der Waals surface area contributed by atoms with Gasteiger partial charge >= 0.3 is 0 Å². The molecule has 3 aromatic rings. The van der Waals surface area contributed by atoms with E-state index >= 15 is 0 Å². The predicted octanol–water partition coefficient (Wildman–Crippen LogP) is 1.29. The molecule has 0 aliphatic carbocycles. The van der Waals surface area contributed by atoms with Crippen molar-refractivity contribution in [1.82, 2.24) is 30.4 Å². The van der Waals surface area contributed by atoms with Crippen LogP contribution in [0.5, 0.6) is 0 Å². The van der Waals surface area contributed by atoms with E-state index in [9.17, 15) is 9.59 Å². The van der Waals surface area contributed by atoms with E-state index in [4.69, 9.17) is 0 Å². The van der Waals surface area contributed by atoms with E-state index in [1.54, 1.807) is 44.4 Å². The number of benzene rings is 2. The van der Waals surface area contributed by atoms with Gasteiger partial charge in [-0.15, -0.1) is 5.10 Å². The first-order chi connectivity index (χ1) is 12.5. The van der Waals surface area contributed by atoms with Crippen LogP contribution in [0.3, 0.4) is 0 Å². The predicted molar refractivity (Wildman–Crippen MR) is 94.8 cm³/mol. The number of carbonyl (C=O) groups excluding carboxylic acids is 2. The van der Waals surface area contributed by atoms with Gasteiger partial charge in [0.2, 0.25) is 0 Å². The number of hydrogen-bond acceptors (Lipinski definition) is 5. The van der Waals surface area contributed by atoms with Crippen molar-refractivity contribution in [1.29, 1.82) is 0 Å². The Labute approximate surface area is 150 Å². The smallest absolute Gasteiger partial charge is 0.253 e. The van der Waals surface area contributed by atoms with Gasteiger partial charge in [-0.25, -0.2) is 4.68 Å². The maximum absolute atomic E-state index is 12.4. The van der Waals surface area contributed by atoms with Crippen LogP contribution in [-0.4, -0.2) is 51.0 Å². The summed E-state index contributed by atoms with van der Waals surface area (Å²) in [6, 6.07) is 14.2. The normalized spacial score (nSPS) is 10.4. The van der Waals surface area contributed by atoms with Crippen LogP contribution in [0.15, 0.2) is 54.9 Å². The Bertz CT molecular complexity index is 904. The maximum Gasteiger partial charge on any atom is 0.253 e. The number of rotatable bonds is 5. The highest BCUT2D eigenvalue weighted by Gasteiger charge is 2.09. The molecule has 0 aliphatic rings. The van der Waals surface area contributed by atoms with Crippen LogP contribution >= 0.6 is 0 Å². The molecular weight excluding hydrogens is 332 g/mol. The van der Waals surface area contributed by atoms with E-state index in [-0.39, 0.29) is 11.8 Å². The molecule has 1 aromatic heterocycles. The van der Waals surface area contributed by atoms with Gasteiger partial charge in [0, 0.05) is 31.8 Å². The molecular formula is C18H18N6O2. The molecule has 0 saturated carbocycles. The van der Waals surface area contributed by atoms with Crippen molar-refractivity contribution < 1.29 is 9.59 Å². The molecule has 0 aliphatic heterocycles. The molecule has 26 heavy (non-hydrogen) atoms. The Morgan fingerprint density at radius 2 is 1.85 bits per heavy atom. The fraction of sp³-hybridized carbons (Fsp3) is 0.167. The molecule has 2 aromatic carbocycles. The van der Waals surface area contributed by atoms with Gasteiger partial charge in [-0.1, -0.05) is 18.2 Å². The van der Waals surface area contributed by atoms with Gasteiger partial charge in [0.25, 0.3) is 11.8 Å². The lowest BCUT2D eigenvalue weighted by molar-refractivity contribution is 0.0827. The summed E-state index contributed by atoms with van der Waals surface area (Å²) in [5.74, 6) is -0.256. The van der Waals surface area contributed by atoms with Crippen LogP contribution in [0.1, 0.15) is 26.3 Å². The van der Waals surface area contributed by atoms with Gasteiger partial charge in [0.1, 0.15) is 6.33 Å². The first-order valence-electron chi connectivity index (χ1n) is 7.97. The van der Waals surface area contributed by atoms with Crippen molar-refractivity contribution in [3.63, 3.8) is 0 Å². The average Bonchev–Trinajstić information content (AvgIpc) is 3.21. The van der Waals surface area contributed by atoms with Crippen LogP contribution < -0.4 is 5.32 Å². The summed E-state index contributed by atoms with van der Waals surface area (Å²) in [4.78, 5) is 25.8. The lowest BCUT2D eigenvalue weighted by atomic mass is 10.1. The second-order valence-electron chi connectivity index (χ2n) is 5.88. The summed E-state index contributed by atoms with van der Waals surface area (Å²) in [6.45, 7) is 0.365. The van der Waals surface area contributed by atoms with Crippen LogP contribution in [0.4, 0.5) is 0 Å². The molecule has 0 atom stereocenters. The Morgan fingerprint density at radius 1 is 1.08 bits per heavy atom. The zero-order valence-electron chi connectivity index (χ0n) is 14.5. The molecule has 8 nitrogen and oxygen atoms in total. The van der Waals surface area contributed by atoms with Crippen LogP contribution in [-0.2, 0) is 6.54 Å². The van der Waals surface area contributed by atoms with Crippen molar-refractivity contribution >= 4 is 11.8 Å². The minimum Gasteiger partial charge on any atom is -0.348 e. The molecule has 2 amide bonds. The third-order valence-corrected chi connectivity index (χ3v) is 3.78. The van der Waals surface area contributed by atoms with Gasteiger partial charge in [-0.2, -0.15) is 0 Å². The van der Waals surface area contributed by atoms with Crippen molar-refractivity contribution in [2.45, 2.75) is 6.54 Å². The highest BCUT2D eigenvalue weighted by atomic mass is 16.2. The fourth-order valence-electron chi connectivity index (χ4n) is 2.38. The standard InChI is InChI=1S/C18H18N6O2/c1-23(2)18(26)14-8-6-13(7-9-14)11-19-17(25)15-4-3-5-16(10-15)24-12-20-21-22-24/h3-10,12H,11H2,1-2H3,(H,19,25). The molecule has 0 spiro atoms. The van der Waals surface area contributed by atoms with E-state index in [0.717, 1.165) is 5.56 Å². The van der Waals surface area contributed by atoms with E-state index < -0.39 is 0 Å². The number of nitrogens with zero attached hydrogens (tertiary/aromatic N) is 5. The summed E-state index contributed by atoms with van der Waals surface area (Å²) in [5, 5.41) is 13.8. The number of carbonyl (C=O) groups is 2. The Balaban J connectivity index is 1.64. The van der Waals surface area contributed by atoms with Gasteiger partial charge < -0.3 is 10.2 Å². The monoisotopic (exact) mass is 350 g/mol. The maximum atomic E-state index is 12.4. The van der Waals surface area contributed by atoms with Crippen molar-refractivity contribution in [2.75, 3.05) is 14.1 Å². The summed E-state index contributed by atoms with van der Waals surface area (Å²) < 4.78 is 1.48. The quantitative estimate of drug-likeness (QED) is 0.748. The fourth-order valence-corrected chi connectivity index (χ4v) is 2.38. The molecule has 0 fully saturated rings. The summed E-state index contributed by atoms with van der Waals surface area (Å²) in [5.41, 5.74) is 2.73. The Morgan fingerprint density at radius 3 is 2.50 bits per heavy atom. The SMILES string of the molecule is CN(C)C(=O)c1ccc(CNC(=O)c2cccc(-n3cnnn3)c2)cc1. The summed E-state index contributed by atoms with van der Waals surface area (Å²) >= 11 is 0. The molecule has 0 radical (unpaired) electrons. The van der Waals surface area contributed by atoms with E-state index in [2.05, 4.69) is 20.8 Å². The van der Waals surface area contributed by atoms with E-state index in [0.29, 0.717) is 23.4 Å². The molecule has 0 unspecified atom stereocenters. The minimum atomic E-state index is -0.201. The summed E-state index contributed by atoms with van der Waals surface area (Å²) in [7, 11) is 3.42. The molecule has 132 valence electrons. The minimum absolute atomic E-state index is 0.0556. The Kier molecular flexibility index (Phi) is 5.02. The topological polar surface area (TPSA) is 93.0 Å². The van der Waals surface area contributed by atoms with Gasteiger partial charge in [-0.3, -0.25) is 9.59 Å².